The summed E-state index contributed by atoms with van der Waals surface area (Å²) in [5.41, 5.74) is 7.99. The van der Waals surface area contributed by atoms with Crippen molar-refractivity contribution in [2.45, 2.75) is 32.1 Å². The first-order valence-electron chi connectivity index (χ1n) is 7.32. The van der Waals surface area contributed by atoms with E-state index in [1.807, 2.05) is 25.1 Å². The third kappa shape index (κ3) is 3.65. The topological polar surface area (TPSA) is 55.6 Å². The van der Waals surface area contributed by atoms with Gasteiger partial charge in [0.05, 0.1) is 23.5 Å². The molecule has 1 saturated carbocycles. The number of hydrogen-bond acceptors (Lipinski definition) is 4. The van der Waals surface area contributed by atoms with E-state index in [-0.39, 0.29) is 5.97 Å². The number of hydrogen-bond donors (Lipinski definition) is 1. The average Bonchev–Trinajstić information content (AvgIpc) is 2.45. The molecular weight excluding hydrogens is 252 g/mol. The number of ether oxygens (including phenoxy) is 1. The van der Waals surface area contributed by atoms with Crippen molar-refractivity contribution in [3.8, 4) is 0 Å². The molecule has 1 fully saturated rings. The lowest BCUT2D eigenvalue weighted by Gasteiger charge is -2.21. The Bertz CT molecular complexity index is 466. The van der Waals surface area contributed by atoms with Crippen molar-refractivity contribution in [1.29, 1.82) is 0 Å². The van der Waals surface area contributed by atoms with Gasteiger partial charge in [-0.25, -0.2) is 4.79 Å². The largest absolute Gasteiger partial charge is 0.462 e. The summed E-state index contributed by atoms with van der Waals surface area (Å²) in [6, 6.07) is 5.32. The van der Waals surface area contributed by atoms with Crippen LogP contribution < -0.4 is 10.6 Å². The summed E-state index contributed by atoms with van der Waals surface area (Å²) in [6.07, 6.45) is 6.18. The Hall–Kier alpha value is -1.71. The molecule has 2 N–H and O–H groups in total. The van der Waals surface area contributed by atoms with E-state index >= 15 is 0 Å². The molecule has 1 aromatic carbocycles. The van der Waals surface area contributed by atoms with Gasteiger partial charge in [-0.05, 0) is 37.0 Å². The maximum Gasteiger partial charge on any atom is 0.338 e. The normalized spacial score (nSPS) is 15.9. The Morgan fingerprint density at radius 1 is 1.30 bits per heavy atom. The summed E-state index contributed by atoms with van der Waals surface area (Å²) in [6.45, 7) is 0.536. The molecule has 0 saturated heterocycles. The van der Waals surface area contributed by atoms with Gasteiger partial charge in [-0.1, -0.05) is 19.3 Å². The van der Waals surface area contributed by atoms with Crippen LogP contribution in [0.5, 0.6) is 0 Å². The smallest absolute Gasteiger partial charge is 0.338 e. The SMILES string of the molecule is CN(C)c1ccc(C(=O)OCC2CCCCC2)cc1N. The highest BCUT2D eigenvalue weighted by Crippen LogP contribution is 2.25. The van der Waals surface area contributed by atoms with Gasteiger partial charge in [0, 0.05) is 14.1 Å². The van der Waals surface area contributed by atoms with Crippen LogP contribution in [0, 0.1) is 5.92 Å². The second-order valence-corrected chi connectivity index (χ2v) is 5.77. The molecule has 0 bridgehead atoms. The number of nitrogens with zero attached hydrogens (tertiary/aromatic N) is 1. The lowest BCUT2D eigenvalue weighted by atomic mass is 9.90. The number of benzene rings is 1. The first-order chi connectivity index (χ1) is 9.58. The van der Waals surface area contributed by atoms with Gasteiger partial charge in [-0.15, -0.1) is 0 Å². The molecule has 1 aromatic rings. The van der Waals surface area contributed by atoms with Gasteiger partial charge in [0.15, 0.2) is 0 Å². The summed E-state index contributed by atoms with van der Waals surface area (Å²) >= 11 is 0. The zero-order valence-corrected chi connectivity index (χ0v) is 12.4. The van der Waals surface area contributed by atoms with Crippen LogP contribution in [0.15, 0.2) is 18.2 Å². The first-order valence-corrected chi connectivity index (χ1v) is 7.32. The standard InChI is InChI=1S/C16H24N2O2/c1-18(2)15-9-8-13(10-14(15)17)16(19)20-11-12-6-4-3-5-7-12/h8-10,12H,3-7,11,17H2,1-2H3. The van der Waals surface area contributed by atoms with Gasteiger partial charge < -0.3 is 15.4 Å². The molecule has 2 rings (SSSR count). The lowest BCUT2D eigenvalue weighted by Crippen LogP contribution is -2.17. The van der Waals surface area contributed by atoms with Crippen LogP contribution in [-0.4, -0.2) is 26.7 Å². The van der Waals surface area contributed by atoms with Gasteiger partial charge in [0.25, 0.3) is 0 Å². The van der Waals surface area contributed by atoms with Crippen LogP contribution in [0.4, 0.5) is 11.4 Å². The van der Waals surface area contributed by atoms with Crippen molar-refractivity contribution in [2.75, 3.05) is 31.3 Å². The summed E-state index contributed by atoms with van der Waals surface area (Å²) in [4.78, 5) is 14.0. The average molecular weight is 276 g/mol. The molecule has 1 aliphatic carbocycles. The Morgan fingerprint density at radius 3 is 2.60 bits per heavy atom. The molecule has 0 amide bonds. The summed E-state index contributed by atoms with van der Waals surface area (Å²) in [5, 5.41) is 0. The second kappa shape index (κ2) is 6.64. The van der Waals surface area contributed by atoms with E-state index in [4.69, 9.17) is 10.5 Å². The minimum Gasteiger partial charge on any atom is -0.462 e. The van der Waals surface area contributed by atoms with E-state index in [1.54, 1.807) is 12.1 Å². The molecule has 0 aliphatic heterocycles. The minimum absolute atomic E-state index is 0.271. The predicted octanol–water partition coefficient (Wildman–Crippen LogP) is 3.07. The summed E-state index contributed by atoms with van der Waals surface area (Å²) in [5.74, 6) is 0.263. The Balaban J connectivity index is 1.93. The number of carbonyl (C=O) groups is 1. The molecule has 1 aliphatic rings. The highest BCUT2D eigenvalue weighted by atomic mass is 16.5. The molecule has 0 spiro atoms. The van der Waals surface area contributed by atoms with E-state index in [1.165, 1.54) is 32.1 Å². The summed E-state index contributed by atoms with van der Waals surface area (Å²) < 4.78 is 5.41. The van der Waals surface area contributed by atoms with Crippen molar-refractivity contribution in [2.24, 2.45) is 5.92 Å². The highest BCUT2D eigenvalue weighted by Gasteiger charge is 2.17. The Morgan fingerprint density at radius 2 is 2.00 bits per heavy atom. The highest BCUT2D eigenvalue weighted by molar-refractivity contribution is 5.92. The third-order valence-corrected chi connectivity index (χ3v) is 3.92. The molecule has 20 heavy (non-hydrogen) atoms. The minimum atomic E-state index is -0.271. The molecule has 4 nitrogen and oxygen atoms in total. The summed E-state index contributed by atoms with van der Waals surface area (Å²) in [7, 11) is 3.85. The molecule has 0 heterocycles. The predicted molar refractivity (Wildman–Crippen MR) is 82.0 cm³/mol. The number of nitrogens with two attached hydrogens (primary N) is 1. The van der Waals surface area contributed by atoms with Crippen LogP contribution >= 0.6 is 0 Å². The van der Waals surface area contributed by atoms with Gasteiger partial charge >= 0.3 is 5.97 Å². The zero-order valence-electron chi connectivity index (χ0n) is 12.4. The van der Waals surface area contributed by atoms with E-state index in [0.29, 0.717) is 23.8 Å². The maximum atomic E-state index is 12.0. The van der Waals surface area contributed by atoms with Gasteiger partial charge in [-0.3, -0.25) is 0 Å². The Labute approximate surface area is 120 Å². The maximum absolute atomic E-state index is 12.0. The number of nitrogen functional groups attached to an aromatic ring is 1. The molecule has 0 radical (unpaired) electrons. The number of anilines is 2. The molecule has 4 heteroatoms. The van der Waals surface area contributed by atoms with E-state index in [9.17, 15) is 4.79 Å². The Kier molecular flexibility index (Phi) is 4.88. The van der Waals surface area contributed by atoms with Crippen molar-refractivity contribution in [1.82, 2.24) is 0 Å². The molecule has 110 valence electrons. The fourth-order valence-corrected chi connectivity index (χ4v) is 2.72. The number of rotatable bonds is 4. The fraction of sp³-hybridized carbons (Fsp3) is 0.562. The van der Waals surface area contributed by atoms with Crippen LogP contribution in [0.3, 0.4) is 0 Å². The van der Waals surface area contributed by atoms with E-state index < -0.39 is 0 Å². The monoisotopic (exact) mass is 276 g/mol. The van der Waals surface area contributed by atoms with Crippen molar-refractivity contribution in [3.05, 3.63) is 23.8 Å². The first kappa shape index (κ1) is 14.7. The second-order valence-electron chi connectivity index (χ2n) is 5.77. The molecule has 0 unspecified atom stereocenters. The molecule has 0 aromatic heterocycles. The van der Waals surface area contributed by atoms with Crippen LogP contribution in [0.1, 0.15) is 42.5 Å². The van der Waals surface area contributed by atoms with Gasteiger partial charge in [0.1, 0.15) is 0 Å². The molecular formula is C16H24N2O2. The van der Waals surface area contributed by atoms with Crippen LogP contribution in [-0.2, 0) is 4.74 Å². The van der Waals surface area contributed by atoms with E-state index in [0.717, 1.165) is 5.69 Å². The number of esters is 1. The zero-order chi connectivity index (χ0) is 14.5. The van der Waals surface area contributed by atoms with E-state index in [2.05, 4.69) is 0 Å². The van der Waals surface area contributed by atoms with Crippen LogP contribution in [0.25, 0.3) is 0 Å². The number of carbonyl (C=O) groups excluding carboxylic acids is 1. The van der Waals surface area contributed by atoms with Crippen molar-refractivity contribution < 1.29 is 9.53 Å². The molecule has 0 atom stereocenters. The van der Waals surface area contributed by atoms with Crippen LogP contribution in [0.2, 0.25) is 0 Å². The van der Waals surface area contributed by atoms with Crippen molar-refractivity contribution >= 4 is 17.3 Å². The lowest BCUT2D eigenvalue weighted by molar-refractivity contribution is 0.0410. The van der Waals surface area contributed by atoms with Gasteiger partial charge in [0.2, 0.25) is 0 Å². The fourth-order valence-electron chi connectivity index (χ4n) is 2.72. The third-order valence-electron chi connectivity index (χ3n) is 3.92. The van der Waals surface area contributed by atoms with Crippen molar-refractivity contribution in [3.63, 3.8) is 0 Å². The quantitative estimate of drug-likeness (QED) is 0.678. The van der Waals surface area contributed by atoms with Gasteiger partial charge in [-0.2, -0.15) is 0 Å².